The van der Waals surface area contributed by atoms with Gasteiger partial charge in [-0.2, -0.15) is 4.08 Å². The van der Waals surface area contributed by atoms with Gasteiger partial charge in [0.05, 0.1) is 12.1 Å². The van der Waals surface area contributed by atoms with E-state index in [-0.39, 0.29) is 0 Å². The molecule has 0 aliphatic heterocycles. The first-order valence-corrected chi connectivity index (χ1v) is 6.76. The summed E-state index contributed by atoms with van der Waals surface area (Å²) in [6.07, 6.45) is -1.56. The average molecular weight is 262 g/mol. The van der Waals surface area contributed by atoms with Gasteiger partial charge in [-0.15, -0.1) is 4.39 Å². The summed E-state index contributed by atoms with van der Waals surface area (Å²) < 4.78 is 24.3. The predicted molar refractivity (Wildman–Crippen MR) is 57.9 cm³/mol. The number of nitrogens with zero attached hydrogens (tertiary/aromatic N) is 2. The van der Waals surface area contributed by atoms with Crippen LogP contribution in [0.5, 0.6) is 0 Å². The second-order valence-electron chi connectivity index (χ2n) is 2.13. The quantitative estimate of drug-likeness (QED) is 0.327. The molecule has 9 heteroatoms. The second kappa shape index (κ2) is 5.99. The van der Waals surface area contributed by atoms with E-state index in [0.29, 0.717) is 0 Å². The molecule has 0 aliphatic rings. The van der Waals surface area contributed by atoms with Gasteiger partial charge in [0.2, 0.25) is 0 Å². The zero-order valence-corrected chi connectivity index (χ0v) is 10.8. The van der Waals surface area contributed by atoms with Crippen molar-refractivity contribution in [1.29, 1.82) is 0 Å². The number of halogens is 1. The van der Waals surface area contributed by atoms with E-state index in [1.807, 2.05) is 0 Å². The minimum atomic E-state index is -2.60. The first-order valence-electron chi connectivity index (χ1n) is 3.44. The van der Waals surface area contributed by atoms with Crippen molar-refractivity contribution >= 4 is 36.7 Å². The van der Waals surface area contributed by atoms with E-state index in [1.165, 1.54) is 25.3 Å². The van der Waals surface area contributed by atoms with E-state index in [1.54, 1.807) is 7.05 Å². The SMILES string of the molecule is COP(=S)(OC)N(C)SN(C)C(=O)F. The van der Waals surface area contributed by atoms with Crippen LogP contribution < -0.4 is 0 Å². The van der Waals surface area contributed by atoms with Crippen LogP contribution in [-0.4, -0.2) is 42.9 Å². The van der Waals surface area contributed by atoms with Crippen molar-refractivity contribution in [2.24, 2.45) is 0 Å². The third-order valence-electron chi connectivity index (χ3n) is 1.29. The molecule has 0 radical (unpaired) electrons. The maximum Gasteiger partial charge on any atom is 0.410 e. The van der Waals surface area contributed by atoms with Crippen LogP contribution in [0, 0.1) is 0 Å². The molecule has 1 amide bonds. The Balaban J connectivity index is 4.39. The van der Waals surface area contributed by atoms with Gasteiger partial charge < -0.3 is 9.05 Å². The summed E-state index contributed by atoms with van der Waals surface area (Å²) in [6.45, 7) is -2.60. The number of hydrogen-bond acceptors (Lipinski definition) is 5. The minimum Gasteiger partial charge on any atom is -0.321 e. The monoisotopic (exact) mass is 262 g/mol. The standard InChI is InChI=1S/C5H12FN2O3PS2/c1-7(5(6)9)14-8(2)12(13,10-3)11-4/h1-4H3. The van der Waals surface area contributed by atoms with Gasteiger partial charge in [-0.3, -0.25) is 0 Å². The van der Waals surface area contributed by atoms with Crippen LogP contribution in [0.1, 0.15) is 0 Å². The number of rotatable bonds is 5. The molecule has 84 valence electrons. The van der Waals surface area contributed by atoms with E-state index in [2.05, 4.69) is 0 Å². The molecule has 0 atom stereocenters. The van der Waals surface area contributed by atoms with Crippen molar-refractivity contribution in [3.8, 4) is 0 Å². The number of carbonyl (C=O) groups is 1. The molecule has 0 aromatic carbocycles. The fourth-order valence-corrected chi connectivity index (χ4v) is 2.94. The Morgan fingerprint density at radius 3 is 2.14 bits per heavy atom. The smallest absolute Gasteiger partial charge is 0.321 e. The van der Waals surface area contributed by atoms with Gasteiger partial charge >= 0.3 is 6.16 Å². The summed E-state index contributed by atoms with van der Waals surface area (Å²) >= 11 is 5.84. The van der Waals surface area contributed by atoms with E-state index in [0.717, 1.165) is 16.4 Å². The molecule has 0 aliphatic carbocycles. The molecule has 0 bridgehead atoms. The highest BCUT2D eigenvalue weighted by Gasteiger charge is 2.26. The molecular weight excluding hydrogens is 250 g/mol. The Labute approximate surface area is 92.0 Å². The van der Waals surface area contributed by atoms with Crippen LogP contribution in [0.4, 0.5) is 9.18 Å². The van der Waals surface area contributed by atoms with Gasteiger partial charge in [0, 0.05) is 28.3 Å². The summed E-state index contributed by atoms with van der Waals surface area (Å²) in [6, 6.07) is 0. The largest absolute Gasteiger partial charge is 0.410 e. The fraction of sp³-hybridized carbons (Fsp3) is 0.800. The van der Waals surface area contributed by atoms with Crippen molar-refractivity contribution in [2.75, 3.05) is 28.3 Å². The summed E-state index contributed by atoms with van der Waals surface area (Å²) in [5.74, 6) is 0. The van der Waals surface area contributed by atoms with Gasteiger partial charge in [-0.1, -0.05) is 0 Å². The van der Waals surface area contributed by atoms with Gasteiger partial charge in [0.25, 0.3) is 6.64 Å². The maximum absolute atomic E-state index is 12.2. The number of hydrogen-bond donors (Lipinski definition) is 0. The molecule has 0 saturated carbocycles. The third-order valence-corrected chi connectivity index (χ3v) is 6.34. The van der Waals surface area contributed by atoms with Crippen molar-refractivity contribution < 1.29 is 18.2 Å². The average Bonchev–Trinajstić information content (AvgIpc) is 2.16. The van der Waals surface area contributed by atoms with E-state index >= 15 is 0 Å². The molecule has 0 unspecified atom stereocenters. The zero-order valence-electron chi connectivity index (χ0n) is 8.26. The predicted octanol–water partition coefficient (Wildman–Crippen LogP) is 2.02. The van der Waals surface area contributed by atoms with Crippen LogP contribution in [-0.2, 0) is 20.9 Å². The minimum absolute atomic E-state index is 0.791. The Morgan fingerprint density at radius 1 is 1.43 bits per heavy atom. The Kier molecular flexibility index (Phi) is 6.11. The van der Waals surface area contributed by atoms with Gasteiger partial charge in [-0.05, 0) is 11.8 Å². The Bertz CT molecular complexity index is 247. The van der Waals surface area contributed by atoms with Gasteiger partial charge in [0.15, 0.2) is 0 Å². The number of carbonyl (C=O) groups excluding carboxylic acids is 1. The van der Waals surface area contributed by atoms with Crippen molar-refractivity contribution in [3.05, 3.63) is 0 Å². The number of amides is 1. The van der Waals surface area contributed by atoms with Crippen LogP contribution in [0.15, 0.2) is 0 Å². The first kappa shape index (κ1) is 14.3. The topological polar surface area (TPSA) is 42.0 Å². The molecule has 0 spiro atoms. The Morgan fingerprint density at radius 2 is 1.86 bits per heavy atom. The lowest BCUT2D eigenvalue weighted by Crippen LogP contribution is -2.20. The molecule has 0 aromatic rings. The fourth-order valence-electron chi connectivity index (χ4n) is 0.559. The van der Waals surface area contributed by atoms with E-state index < -0.39 is 12.8 Å². The lowest BCUT2D eigenvalue weighted by atomic mass is 11.2. The molecule has 14 heavy (non-hydrogen) atoms. The van der Waals surface area contributed by atoms with Gasteiger partial charge in [-0.25, -0.2) is 9.10 Å². The summed E-state index contributed by atoms with van der Waals surface area (Å²) in [4.78, 5) is 10.3. The van der Waals surface area contributed by atoms with Crippen LogP contribution >= 0.6 is 18.8 Å². The lowest BCUT2D eigenvalue weighted by molar-refractivity contribution is 0.209. The molecular formula is C5H12FN2O3PS2. The van der Waals surface area contributed by atoms with Crippen molar-refractivity contribution in [2.45, 2.75) is 0 Å². The highest BCUT2D eigenvalue weighted by atomic mass is 32.5. The molecule has 0 aromatic heterocycles. The van der Waals surface area contributed by atoms with Crippen molar-refractivity contribution in [3.63, 3.8) is 0 Å². The zero-order chi connectivity index (χ0) is 11.4. The summed E-state index contributed by atoms with van der Waals surface area (Å²) in [5, 5.41) is 0. The molecule has 0 saturated heterocycles. The maximum atomic E-state index is 12.2. The normalized spacial score (nSPS) is 11.9. The van der Waals surface area contributed by atoms with Crippen molar-refractivity contribution in [1.82, 2.24) is 8.38 Å². The molecule has 5 nitrogen and oxygen atoms in total. The summed E-state index contributed by atoms with van der Waals surface area (Å²) in [7, 11) is 5.66. The van der Waals surface area contributed by atoms with Crippen LogP contribution in [0.3, 0.4) is 0 Å². The first-order chi connectivity index (χ1) is 6.37. The summed E-state index contributed by atoms with van der Waals surface area (Å²) in [5.41, 5.74) is 0. The molecule has 0 rings (SSSR count). The second-order valence-corrected chi connectivity index (χ2v) is 7.31. The molecule has 0 N–H and O–H groups in total. The van der Waals surface area contributed by atoms with Gasteiger partial charge in [0.1, 0.15) is 0 Å². The lowest BCUT2D eigenvalue weighted by Gasteiger charge is -2.28. The highest BCUT2D eigenvalue weighted by molar-refractivity contribution is 8.14. The van der Waals surface area contributed by atoms with E-state index in [9.17, 15) is 9.18 Å². The molecule has 0 heterocycles. The highest BCUT2D eigenvalue weighted by Crippen LogP contribution is 2.53. The third kappa shape index (κ3) is 3.80. The molecule has 0 fully saturated rings. The van der Waals surface area contributed by atoms with E-state index in [4.69, 9.17) is 20.9 Å². The van der Waals surface area contributed by atoms with Crippen LogP contribution in [0.2, 0.25) is 0 Å². The Hall–Kier alpha value is 0.280. The van der Waals surface area contributed by atoms with Crippen LogP contribution in [0.25, 0.3) is 0 Å².